The lowest BCUT2D eigenvalue weighted by atomic mass is 9.97. The van der Waals surface area contributed by atoms with Crippen molar-refractivity contribution in [2.45, 2.75) is 34.6 Å². The van der Waals surface area contributed by atoms with Crippen LogP contribution in [0, 0.1) is 11.8 Å². The Labute approximate surface area is 87.7 Å². The summed E-state index contributed by atoms with van der Waals surface area (Å²) >= 11 is 0. The Balaban J connectivity index is 4.38. The molecule has 3 nitrogen and oxygen atoms in total. The van der Waals surface area contributed by atoms with Crippen LogP contribution in [-0.4, -0.2) is 17.8 Å². The van der Waals surface area contributed by atoms with Crippen LogP contribution in [0.25, 0.3) is 0 Å². The van der Waals surface area contributed by atoms with E-state index in [0.29, 0.717) is 11.8 Å². The average Bonchev–Trinajstić information content (AvgIpc) is 2.15. The normalized spacial score (nSPS) is 15.1. The van der Waals surface area contributed by atoms with Gasteiger partial charge in [-0.15, -0.1) is 0 Å². The van der Waals surface area contributed by atoms with Gasteiger partial charge in [0.2, 0.25) is 0 Å². The van der Waals surface area contributed by atoms with Crippen molar-refractivity contribution in [2.24, 2.45) is 22.8 Å². The molecule has 0 aliphatic heterocycles. The van der Waals surface area contributed by atoms with Crippen molar-refractivity contribution in [3.8, 4) is 0 Å². The summed E-state index contributed by atoms with van der Waals surface area (Å²) in [6.45, 7) is 11.8. The molecule has 0 radical (unpaired) electrons. The highest BCUT2D eigenvalue weighted by Gasteiger charge is 2.11. The molecule has 0 bridgehead atoms. The molecule has 0 aromatic carbocycles. The van der Waals surface area contributed by atoms with Crippen LogP contribution in [-0.2, 0) is 0 Å². The van der Waals surface area contributed by atoms with Crippen LogP contribution in [0.5, 0.6) is 0 Å². The van der Waals surface area contributed by atoms with Gasteiger partial charge in [-0.2, -0.15) is 5.10 Å². The van der Waals surface area contributed by atoms with Crippen LogP contribution in [0.15, 0.2) is 16.9 Å². The van der Waals surface area contributed by atoms with Gasteiger partial charge in [0.1, 0.15) is 6.34 Å². The quantitative estimate of drug-likeness (QED) is 0.318. The molecule has 0 saturated carbocycles. The van der Waals surface area contributed by atoms with E-state index in [1.54, 1.807) is 6.34 Å². The van der Waals surface area contributed by atoms with Crippen LogP contribution < -0.4 is 5.84 Å². The fourth-order valence-electron chi connectivity index (χ4n) is 1.05. The van der Waals surface area contributed by atoms with Gasteiger partial charge >= 0.3 is 0 Å². The van der Waals surface area contributed by atoms with Crippen molar-refractivity contribution in [1.29, 1.82) is 0 Å². The Morgan fingerprint density at radius 3 is 2.36 bits per heavy atom. The van der Waals surface area contributed by atoms with E-state index in [9.17, 15) is 0 Å². The molecule has 0 aromatic heterocycles. The number of allylic oxidation sites excluding steroid dienone is 2. The van der Waals surface area contributed by atoms with E-state index in [0.717, 1.165) is 6.54 Å². The number of hydrazone groups is 1. The Morgan fingerprint density at radius 1 is 1.43 bits per heavy atom. The fraction of sp³-hybridized carbons (Fsp3) is 0.727. The number of rotatable bonds is 5. The molecule has 0 saturated heterocycles. The molecule has 0 spiro atoms. The van der Waals surface area contributed by atoms with Crippen molar-refractivity contribution in [2.75, 3.05) is 6.54 Å². The van der Waals surface area contributed by atoms with E-state index in [1.807, 2.05) is 6.92 Å². The molecular weight excluding hydrogens is 174 g/mol. The smallest absolute Gasteiger partial charge is 0.115 e. The maximum atomic E-state index is 5.17. The largest absolute Gasteiger partial charge is 0.335 e. The number of hydrogen-bond donors (Lipinski definition) is 1. The lowest BCUT2D eigenvalue weighted by molar-refractivity contribution is 0.338. The zero-order valence-corrected chi connectivity index (χ0v) is 9.99. The Hall–Kier alpha value is -0.990. The molecule has 0 fully saturated rings. The molecule has 1 atom stereocenters. The van der Waals surface area contributed by atoms with Gasteiger partial charge in [-0.05, 0) is 25.7 Å². The van der Waals surface area contributed by atoms with Crippen LogP contribution in [0.3, 0.4) is 0 Å². The van der Waals surface area contributed by atoms with E-state index in [2.05, 4.69) is 43.8 Å². The van der Waals surface area contributed by atoms with Gasteiger partial charge in [0, 0.05) is 12.2 Å². The molecule has 0 heterocycles. The fourth-order valence-corrected chi connectivity index (χ4v) is 1.05. The predicted octanol–water partition coefficient (Wildman–Crippen LogP) is 2.41. The number of hydrogen-bond acceptors (Lipinski definition) is 2. The molecule has 0 aromatic rings. The van der Waals surface area contributed by atoms with Gasteiger partial charge in [-0.3, -0.25) is 0 Å². The maximum absolute atomic E-state index is 5.17. The second-order valence-corrected chi connectivity index (χ2v) is 4.07. The molecule has 82 valence electrons. The van der Waals surface area contributed by atoms with Gasteiger partial charge in [0.05, 0.1) is 0 Å². The third-order valence-electron chi connectivity index (χ3n) is 2.70. The van der Waals surface area contributed by atoms with Gasteiger partial charge in [0.15, 0.2) is 0 Å². The first-order valence-electron chi connectivity index (χ1n) is 5.15. The van der Waals surface area contributed by atoms with Crippen LogP contribution in [0.4, 0.5) is 0 Å². The summed E-state index contributed by atoms with van der Waals surface area (Å²) in [5, 5.41) is 3.58. The van der Waals surface area contributed by atoms with E-state index >= 15 is 0 Å². The molecular formula is C11H23N3. The molecule has 14 heavy (non-hydrogen) atoms. The summed E-state index contributed by atoms with van der Waals surface area (Å²) in [5.41, 5.74) is 1.19. The summed E-state index contributed by atoms with van der Waals surface area (Å²) in [6.07, 6.45) is 3.75. The van der Waals surface area contributed by atoms with Gasteiger partial charge < -0.3 is 10.7 Å². The zero-order valence-electron chi connectivity index (χ0n) is 9.99. The van der Waals surface area contributed by atoms with E-state index in [4.69, 9.17) is 5.84 Å². The van der Waals surface area contributed by atoms with E-state index in [-0.39, 0.29) is 0 Å². The van der Waals surface area contributed by atoms with Crippen molar-refractivity contribution in [1.82, 2.24) is 4.90 Å². The SMILES string of the molecule is C/C=C(/C)N(/C=N\N)CC(C)C(C)C. The minimum atomic E-state index is 0.628. The molecule has 1 unspecified atom stereocenters. The van der Waals surface area contributed by atoms with E-state index < -0.39 is 0 Å². The second kappa shape index (κ2) is 6.46. The summed E-state index contributed by atoms with van der Waals surface area (Å²) in [7, 11) is 0. The minimum absolute atomic E-state index is 0.628. The van der Waals surface area contributed by atoms with Crippen LogP contribution in [0.1, 0.15) is 34.6 Å². The van der Waals surface area contributed by atoms with Gasteiger partial charge in [0.25, 0.3) is 0 Å². The van der Waals surface area contributed by atoms with E-state index in [1.165, 1.54) is 5.70 Å². The van der Waals surface area contributed by atoms with Crippen LogP contribution in [0.2, 0.25) is 0 Å². The Morgan fingerprint density at radius 2 is 2.00 bits per heavy atom. The molecule has 3 heteroatoms. The Kier molecular flexibility index (Phi) is 6.00. The lowest BCUT2D eigenvalue weighted by Gasteiger charge is -2.25. The van der Waals surface area contributed by atoms with Crippen molar-refractivity contribution in [3.63, 3.8) is 0 Å². The minimum Gasteiger partial charge on any atom is -0.335 e. The maximum Gasteiger partial charge on any atom is 0.115 e. The number of nitrogens with zero attached hydrogens (tertiary/aromatic N) is 2. The van der Waals surface area contributed by atoms with Crippen molar-refractivity contribution >= 4 is 6.34 Å². The lowest BCUT2D eigenvalue weighted by Crippen LogP contribution is -2.28. The standard InChI is InChI=1S/C11H23N3/c1-6-11(5)14(8-13-12)7-10(4)9(2)3/h6,8-10H,7,12H2,1-5H3/b11-6-,13-8-. The van der Waals surface area contributed by atoms with Crippen molar-refractivity contribution in [3.05, 3.63) is 11.8 Å². The average molecular weight is 197 g/mol. The zero-order chi connectivity index (χ0) is 11.1. The summed E-state index contributed by atoms with van der Waals surface area (Å²) in [5.74, 6) is 6.48. The first kappa shape index (κ1) is 13.0. The molecule has 2 N–H and O–H groups in total. The van der Waals surface area contributed by atoms with Gasteiger partial charge in [-0.1, -0.05) is 26.8 Å². The number of nitrogens with two attached hydrogens (primary N) is 1. The highest BCUT2D eigenvalue weighted by molar-refractivity contribution is 5.57. The summed E-state index contributed by atoms with van der Waals surface area (Å²) in [4.78, 5) is 2.09. The summed E-state index contributed by atoms with van der Waals surface area (Å²) < 4.78 is 0. The molecule has 0 aliphatic carbocycles. The monoisotopic (exact) mass is 197 g/mol. The first-order valence-corrected chi connectivity index (χ1v) is 5.15. The predicted molar refractivity (Wildman–Crippen MR) is 62.8 cm³/mol. The second-order valence-electron chi connectivity index (χ2n) is 4.07. The van der Waals surface area contributed by atoms with Crippen molar-refractivity contribution < 1.29 is 0 Å². The third kappa shape index (κ3) is 4.30. The molecule has 0 rings (SSSR count). The highest BCUT2D eigenvalue weighted by Crippen LogP contribution is 2.13. The Bertz CT molecular complexity index is 207. The van der Waals surface area contributed by atoms with Gasteiger partial charge in [-0.25, -0.2) is 0 Å². The highest BCUT2D eigenvalue weighted by atomic mass is 15.2. The molecule has 0 aliphatic rings. The molecule has 0 amide bonds. The first-order chi connectivity index (χ1) is 6.52. The topological polar surface area (TPSA) is 41.6 Å². The van der Waals surface area contributed by atoms with Crippen LogP contribution >= 0.6 is 0 Å². The summed E-state index contributed by atoms with van der Waals surface area (Å²) in [6, 6.07) is 0. The third-order valence-corrected chi connectivity index (χ3v) is 2.70.